The van der Waals surface area contributed by atoms with Crippen molar-refractivity contribution in [1.82, 2.24) is 5.32 Å². The molecule has 0 saturated heterocycles. The van der Waals surface area contributed by atoms with Gasteiger partial charge in [-0.3, -0.25) is 9.69 Å². The molecule has 0 saturated carbocycles. The van der Waals surface area contributed by atoms with E-state index < -0.39 is 17.7 Å². The van der Waals surface area contributed by atoms with E-state index in [9.17, 15) is 14.7 Å². The minimum Gasteiger partial charge on any atom is -0.497 e. The lowest BCUT2D eigenvalue weighted by Gasteiger charge is -2.42. The van der Waals surface area contributed by atoms with Crippen LogP contribution in [0.5, 0.6) is 5.75 Å². The molecule has 1 aliphatic heterocycles. The van der Waals surface area contributed by atoms with Crippen LogP contribution >= 0.6 is 0 Å². The van der Waals surface area contributed by atoms with Crippen molar-refractivity contribution in [3.8, 4) is 5.75 Å². The molecule has 3 N–H and O–H groups in total. The standard InChI is InChI=1S/C21H25N3O4/c1-14(2)11-12-22-19(25)21(27)17-9-4-5-10-18(17)23-20(26)24(21)15-7-6-8-16(13-15)28-3/h4-10,13-14,27H,11-12H2,1-3H3,(H,22,25)(H,23,26)/t21-/m0/s1. The summed E-state index contributed by atoms with van der Waals surface area (Å²) in [6, 6.07) is 12.8. The van der Waals surface area contributed by atoms with Crippen molar-refractivity contribution in [3.05, 3.63) is 54.1 Å². The number of hydrogen-bond donors (Lipinski definition) is 3. The van der Waals surface area contributed by atoms with Gasteiger partial charge in [0.2, 0.25) is 0 Å². The molecule has 1 atom stereocenters. The zero-order valence-corrected chi connectivity index (χ0v) is 16.2. The monoisotopic (exact) mass is 383 g/mol. The quantitative estimate of drug-likeness (QED) is 0.715. The highest BCUT2D eigenvalue weighted by Gasteiger charge is 2.51. The number of nitrogens with one attached hydrogen (secondary N) is 2. The minimum atomic E-state index is -2.19. The number of ether oxygens (including phenoxy) is 1. The third-order valence-electron chi connectivity index (χ3n) is 4.71. The molecule has 3 amide bonds. The fraction of sp³-hybridized carbons (Fsp3) is 0.333. The van der Waals surface area contributed by atoms with E-state index in [2.05, 4.69) is 10.6 Å². The number of nitrogens with zero attached hydrogens (tertiary/aromatic N) is 1. The molecule has 0 radical (unpaired) electrons. The van der Waals surface area contributed by atoms with E-state index in [1.807, 2.05) is 13.8 Å². The Bertz CT molecular complexity index is 883. The Morgan fingerprint density at radius 2 is 2.00 bits per heavy atom. The maximum atomic E-state index is 13.1. The van der Waals surface area contributed by atoms with Crippen molar-refractivity contribution in [2.45, 2.75) is 26.0 Å². The van der Waals surface area contributed by atoms with E-state index in [-0.39, 0.29) is 0 Å². The van der Waals surface area contributed by atoms with Gasteiger partial charge in [-0.15, -0.1) is 0 Å². The van der Waals surface area contributed by atoms with Gasteiger partial charge >= 0.3 is 6.03 Å². The Morgan fingerprint density at radius 1 is 1.25 bits per heavy atom. The summed E-state index contributed by atoms with van der Waals surface area (Å²) >= 11 is 0. The molecule has 7 heteroatoms. The molecule has 3 rings (SSSR count). The second kappa shape index (κ2) is 7.90. The number of carbonyl (C=O) groups is 2. The van der Waals surface area contributed by atoms with Crippen LogP contribution < -0.4 is 20.3 Å². The first-order valence-corrected chi connectivity index (χ1v) is 9.23. The van der Waals surface area contributed by atoms with Gasteiger partial charge < -0.3 is 20.5 Å². The van der Waals surface area contributed by atoms with Gasteiger partial charge in [0, 0.05) is 18.2 Å². The van der Waals surface area contributed by atoms with Crippen molar-refractivity contribution in [3.63, 3.8) is 0 Å². The van der Waals surface area contributed by atoms with Crippen LogP contribution in [-0.2, 0) is 10.5 Å². The van der Waals surface area contributed by atoms with E-state index in [0.29, 0.717) is 35.2 Å². The zero-order chi connectivity index (χ0) is 20.3. The summed E-state index contributed by atoms with van der Waals surface area (Å²) in [5.41, 5.74) is -1.15. The van der Waals surface area contributed by atoms with Gasteiger partial charge in [0.25, 0.3) is 11.6 Å². The predicted molar refractivity (Wildman–Crippen MR) is 107 cm³/mol. The molecule has 28 heavy (non-hydrogen) atoms. The number of amides is 3. The number of aliphatic hydroxyl groups is 1. The molecule has 0 aromatic heterocycles. The molecule has 0 bridgehead atoms. The maximum absolute atomic E-state index is 13.1. The Labute approximate surface area is 164 Å². The van der Waals surface area contributed by atoms with Crippen LogP contribution in [0.15, 0.2) is 48.5 Å². The summed E-state index contributed by atoms with van der Waals surface area (Å²) in [6.07, 6.45) is 0.759. The number of methoxy groups -OCH3 is 1. The highest BCUT2D eigenvalue weighted by atomic mass is 16.5. The van der Waals surface area contributed by atoms with Gasteiger partial charge in [-0.05, 0) is 30.5 Å². The first-order valence-electron chi connectivity index (χ1n) is 9.23. The Kier molecular flexibility index (Phi) is 5.56. The average molecular weight is 383 g/mol. The van der Waals surface area contributed by atoms with Crippen LogP contribution in [0, 0.1) is 5.92 Å². The van der Waals surface area contributed by atoms with Crippen molar-refractivity contribution < 1.29 is 19.4 Å². The number of anilines is 2. The van der Waals surface area contributed by atoms with E-state index in [4.69, 9.17) is 4.74 Å². The van der Waals surface area contributed by atoms with Crippen LogP contribution in [0.1, 0.15) is 25.8 Å². The van der Waals surface area contributed by atoms with Crippen LogP contribution in [-0.4, -0.2) is 30.7 Å². The second-order valence-electron chi connectivity index (χ2n) is 7.12. The minimum absolute atomic E-state index is 0.305. The summed E-state index contributed by atoms with van der Waals surface area (Å²) in [6.45, 7) is 4.49. The highest BCUT2D eigenvalue weighted by Crippen LogP contribution is 2.40. The molecule has 1 aliphatic rings. The smallest absolute Gasteiger partial charge is 0.329 e. The highest BCUT2D eigenvalue weighted by molar-refractivity contribution is 6.11. The molecule has 0 aliphatic carbocycles. The summed E-state index contributed by atoms with van der Waals surface area (Å²) in [7, 11) is 1.51. The van der Waals surface area contributed by atoms with Crippen molar-refractivity contribution >= 4 is 23.3 Å². The summed E-state index contributed by atoms with van der Waals surface area (Å²) in [4.78, 5) is 27.1. The summed E-state index contributed by atoms with van der Waals surface area (Å²) in [5.74, 6) is 0.247. The SMILES string of the molecule is COc1cccc(N2C(=O)Nc3ccccc3[C@]2(O)C(=O)NCCC(C)C)c1. The van der Waals surface area contributed by atoms with E-state index in [0.717, 1.165) is 11.3 Å². The van der Waals surface area contributed by atoms with Gasteiger partial charge in [0.05, 0.1) is 18.5 Å². The van der Waals surface area contributed by atoms with Gasteiger partial charge in [-0.1, -0.05) is 38.1 Å². The largest absolute Gasteiger partial charge is 0.497 e. The number of hydrogen-bond acceptors (Lipinski definition) is 4. The fourth-order valence-electron chi connectivity index (χ4n) is 3.21. The van der Waals surface area contributed by atoms with E-state index >= 15 is 0 Å². The molecule has 1 heterocycles. The lowest BCUT2D eigenvalue weighted by atomic mass is 9.94. The van der Waals surface area contributed by atoms with Gasteiger partial charge in [0.1, 0.15) is 5.75 Å². The van der Waals surface area contributed by atoms with Gasteiger partial charge in [-0.25, -0.2) is 4.79 Å². The zero-order valence-electron chi connectivity index (χ0n) is 16.2. The fourth-order valence-corrected chi connectivity index (χ4v) is 3.21. The molecular weight excluding hydrogens is 358 g/mol. The molecule has 0 unspecified atom stereocenters. The molecule has 0 spiro atoms. The van der Waals surface area contributed by atoms with Crippen molar-refractivity contribution in [1.29, 1.82) is 0 Å². The van der Waals surface area contributed by atoms with Gasteiger partial charge in [0.15, 0.2) is 0 Å². The molecule has 7 nitrogen and oxygen atoms in total. The second-order valence-corrected chi connectivity index (χ2v) is 7.12. The van der Waals surface area contributed by atoms with Crippen molar-refractivity contribution in [2.24, 2.45) is 5.92 Å². The molecule has 2 aromatic rings. The number of urea groups is 1. The molecular formula is C21H25N3O4. The molecule has 2 aromatic carbocycles. The topological polar surface area (TPSA) is 90.9 Å². The Morgan fingerprint density at radius 3 is 2.71 bits per heavy atom. The first-order chi connectivity index (χ1) is 13.4. The summed E-state index contributed by atoms with van der Waals surface area (Å²) < 4.78 is 5.23. The normalized spacial score (nSPS) is 18.5. The number of para-hydroxylation sites is 1. The van der Waals surface area contributed by atoms with Crippen molar-refractivity contribution in [2.75, 3.05) is 23.9 Å². The van der Waals surface area contributed by atoms with E-state index in [1.165, 1.54) is 7.11 Å². The van der Waals surface area contributed by atoms with Gasteiger partial charge in [-0.2, -0.15) is 0 Å². The first kappa shape index (κ1) is 19.7. The summed E-state index contributed by atoms with van der Waals surface area (Å²) in [5, 5.41) is 17.1. The predicted octanol–water partition coefficient (Wildman–Crippen LogP) is 3.05. The third kappa shape index (κ3) is 3.53. The maximum Gasteiger partial charge on any atom is 0.329 e. The molecule has 148 valence electrons. The Hall–Kier alpha value is -3.06. The van der Waals surface area contributed by atoms with Crippen LogP contribution in [0.2, 0.25) is 0 Å². The van der Waals surface area contributed by atoms with E-state index in [1.54, 1.807) is 48.5 Å². The number of fused-ring (bicyclic) bond motifs is 1. The third-order valence-corrected chi connectivity index (χ3v) is 4.71. The molecule has 0 fully saturated rings. The number of benzene rings is 2. The van der Waals surface area contributed by atoms with Crippen LogP contribution in [0.3, 0.4) is 0 Å². The van der Waals surface area contributed by atoms with Crippen LogP contribution in [0.4, 0.5) is 16.2 Å². The number of rotatable bonds is 6. The average Bonchev–Trinajstić information content (AvgIpc) is 2.67. The Balaban J connectivity index is 2.08. The lowest BCUT2D eigenvalue weighted by Crippen LogP contribution is -2.62. The number of carbonyl (C=O) groups excluding carboxylic acids is 2. The van der Waals surface area contributed by atoms with Crippen LogP contribution in [0.25, 0.3) is 0 Å². The lowest BCUT2D eigenvalue weighted by molar-refractivity contribution is -0.140.